The minimum Gasteiger partial charge on any atom is -0.342 e. The molecule has 2 fully saturated rings. The van der Waals surface area contributed by atoms with Gasteiger partial charge < -0.3 is 14.3 Å². The average Bonchev–Trinajstić information content (AvgIpc) is 3.27. The maximum atomic E-state index is 13.2. The van der Waals surface area contributed by atoms with E-state index in [4.69, 9.17) is 4.52 Å². The van der Waals surface area contributed by atoms with Crippen molar-refractivity contribution >= 4 is 22.9 Å². The van der Waals surface area contributed by atoms with Crippen molar-refractivity contribution in [3.05, 3.63) is 23.0 Å². The Hall–Kier alpha value is -2.48. The van der Waals surface area contributed by atoms with Crippen LogP contribution in [0.1, 0.15) is 41.0 Å². The van der Waals surface area contributed by atoms with Crippen LogP contribution in [0, 0.1) is 13.8 Å². The number of aryl methyl sites for hydroxylation is 2. The molecule has 2 aromatic rings. The number of pyridine rings is 1. The summed E-state index contributed by atoms with van der Waals surface area (Å²) in [6.45, 7) is 8.72. The summed E-state index contributed by atoms with van der Waals surface area (Å²) in [7, 11) is 0. The molecule has 0 spiro atoms. The van der Waals surface area contributed by atoms with Gasteiger partial charge in [-0.15, -0.1) is 0 Å². The Balaban J connectivity index is 1.45. The second-order valence-corrected chi connectivity index (χ2v) is 7.77. The Kier molecular flexibility index (Phi) is 5.30. The van der Waals surface area contributed by atoms with Gasteiger partial charge in [-0.05, 0) is 39.2 Å². The average molecular weight is 385 g/mol. The zero-order valence-corrected chi connectivity index (χ0v) is 16.6. The molecule has 4 rings (SSSR count). The van der Waals surface area contributed by atoms with E-state index in [1.54, 1.807) is 0 Å². The Morgan fingerprint density at radius 2 is 1.75 bits per heavy atom. The molecule has 4 heterocycles. The largest absolute Gasteiger partial charge is 0.342 e. The van der Waals surface area contributed by atoms with E-state index < -0.39 is 0 Å². The van der Waals surface area contributed by atoms with E-state index in [9.17, 15) is 9.59 Å². The highest BCUT2D eigenvalue weighted by atomic mass is 16.5. The third kappa shape index (κ3) is 3.73. The summed E-state index contributed by atoms with van der Waals surface area (Å²) in [6, 6.07) is 1.81. The first-order valence-corrected chi connectivity index (χ1v) is 10.1. The molecular weight excluding hydrogens is 358 g/mol. The van der Waals surface area contributed by atoms with Crippen molar-refractivity contribution in [3.8, 4) is 0 Å². The lowest BCUT2D eigenvalue weighted by molar-refractivity contribution is -0.131. The van der Waals surface area contributed by atoms with Crippen LogP contribution in [0.15, 0.2) is 10.6 Å². The maximum Gasteiger partial charge on any atom is 0.258 e. The standard InChI is InChI=1S/C20H27N5O3/c1-14-12-16(18-15(2)22-28-19(18)21-14)20(27)25-9-5-6-23(10-11-25)13-17(26)24-7-3-4-8-24/h12H,3-11,13H2,1-2H3. The fraction of sp³-hybridized carbons (Fsp3) is 0.600. The van der Waals surface area contributed by atoms with Crippen molar-refractivity contribution < 1.29 is 14.1 Å². The highest BCUT2D eigenvalue weighted by molar-refractivity contribution is 6.06. The third-order valence-corrected chi connectivity index (χ3v) is 5.67. The summed E-state index contributed by atoms with van der Waals surface area (Å²) >= 11 is 0. The van der Waals surface area contributed by atoms with Gasteiger partial charge in [-0.2, -0.15) is 0 Å². The van der Waals surface area contributed by atoms with Gasteiger partial charge in [0, 0.05) is 45.0 Å². The van der Waals surface area contributed by atoms with Gasteiger partial charge >= 0.3 is 0 Å². The monoisotopic (exact) mass is 385 g/mol. The van der Waals surface area contributed by atoms with E-state index in [-0.39, 0.29) is 11.8 Å². The summed E-state index contributed by atoms with van der Waals surface area (Å²) < 4.78 is 5.26. The summed E-state index contributed by atoms with van der Waals surface area (Å²) in [4.78, 5) is 36.0. The van der Waals surface area contributed by atoms with Gasteiger partial charge in [-0.3, -0.25) is 14.5 Å². The van der Waals surface area contributed by atoms with Gasteiger partial charge in [0.1, 0.15) is 0 Å². The number of carbonyl (C=O) groups excluding carboxylic acids is 2. The van der Waals surface area contributed by atoms with Gasteiger partial charge in [0.15, 0.2) is 0 Å². The number of aromatic nitrogens is 2. The zero-order valence-electron chi connectivity index (χ0n) is 16.6. The number of carbonyl (C=O) groups is 2. The highest BCUT2D eigenvalue weighted by Gasteiger charge is 2.26. The van der Waals surface area contributed by atoms with Crippen LogP contribution in [0.25, 0.3) is 11.1 Å². The smallest absolute Gasteiger partial charge is 0.258 e. The quantitative estimate of drug-likeness (QED) is 0.798. The molecule has 0 radical (unpaired) electrons. The van der Waals surface area contributed by atoms with E-state index >= 15 is 0 Å². The normalized spacial score (nSPS) is 18.6. The van der Waals surface area contributed by atoms with Crippen molar-refractivity contribution in [1.82, 2.24) is 24.8 Å². The molecule has 2 amide bonds. The molecule has 0 aromatic carbocycles. The third-order valence-electron chi connectivity index (χ3n) is 5.67. The number of rotatable bonds is 3. The Morgan fingerprint density at radius 1 is 1.00 bits per heavy atom. The van der Waals surface area contributed by atoms with Crippen LogP contribution in [0.5, 0.6) is 0 Å². The predicted octanol–water partition coefficient (Wildman–Crippen LogP) is 1.61. The van der Waals surface area contributed by atoms with E-state index in [2.05, 4.69) is 15.0 Å². The molecule has 0 unspecified atom stereocenters. The van der Waals surface area contributed by atoms with Crippen LogP contribution in [-0.2, 0) is 4.79 Å². The molecule has 2 saturated heterocycles. The molecule has 2 aromatic heterocycles. The number of nitrogens with zero attached hydrogens (tertiary/aromatic N) is 5. The van der Waals surface area contributed by atoms with Crippen molar-refractivity contribution in [1.29, 1.82) is 0 Å². The Labute approximate surface area is 164 Å². The molecule has 0 saturated carbocycles. The topological polar surface area (TPSA) is 82.8 Å². The first kappa shape index (κ1) is 18.9. The fourth-order valence-corrected chi connectivity index (χ4v) is 4.15. The minimum atomic E-state index is -0.0190. The first-order chi connectivity index (χ1) is 13.5. The SMILES string of the molecule is Cc1cc(C(=O)N2CCCN(CC(=O)N3CCCC3)CC2)c2c(C)noc2n1. The Morgan fingerprint density at radius 3 is 2.54 bits per heavy atom. The summed E-state index contributed by atoms with van der Waals surface area (Å²) in [5.41, 5.74) is 2.43. The molecule has 2 aliphatic heterocycles. The number of hydrogen-bond donors (Lipinski definition) is 0. The summed E-state index contributed by atoms with van der Waals surface area (Å²) in [5, 5.41) is 4.66. The van der Waals surface area contributed by atoms with Gasteiger partial charge in [-0.25, -0.2) is 4.98 Å². The number of likely N-dealkylation sites (tertiary alicyclic amines) is 1. The van der Waals surface area contributed by atoms with Crippen LogP contribution < -0.4 is 0 Å². The molecule has 0 aliphatic carbocycles. The maximum absolute atomic E-state index is 13.2. The summed E-state index contributed by atoms with van der Waals surface area (Å²) in [5.74, 6) is 0.193. The lowest BCUT2D eigenvalue weighted by atomic mass is 10.1. The number of hydrogen-bond acceptors (Lipinski definition) is 6. The lowest BCUT2D eigenvalue weighted by Crippen LogP contribution is -2.41. The number of fused-ring (bicyclic) bond motifs is 1. The van der Waals surface area contributed by atoms with Crippen molar-refractivity contribution in [2.24, 2.45) is 0 Å². The van der Waals surface area contributed by atoms with Gasteiger partial charge in [-0.1, -0.05) is 5.16 Å². The van der Waals surface area contributed by atoms with Crippen molar-refractivity contribution in [2.45, 2.75) is 33.1 Å². The molecule has 0 bridgehead atoms. The van der Waals surface area contributed by atoms with E-state index in [0.29, 0.717) is 48.5 Å². The van der Waals surface area contributed by atoms with Gasteiger partial charge in [0.05, 0.1) is 23.2 Å². The van der Waals surface area contributed by atoms with Crippen LogP contribution >= 0.6 is 0 Å². The fourth-order valence-electron chi connectivity index (χ4n) is 4.15. The van der Waals surface area contributed by atoms with Crippen LogP contribution in [0.2, 0.25) is 0 Å². The van der Waals surface area contributed by atoms with Crippen molar-refractivity contribution in [3.63, 3.8) is 0 Å². The molecule has 0 atom stereocenters. The molecule has 2 aliphatic rings. The van der Waals surface area contributed by atoms with E-state index in [1.165, 1.54) is 0 Å². The van der Waals surface area contributed by atoms with Gasteiger partial charge in [0.25, 0.3) is 11.6 Å². The van der Waals surface area contributed by atoms with Crippen LogP contribution in [0.3, 0.4) is 0 Å². The zero-order chi connectivity index (χ0) is 19.7. The molecule has 8 nitrogen and oxygen atoms in total. The predicted molar refractivity (Wildman–Crippen MR) is 104 cm³/mol. The molecule has 150 valence electrons. The second kappa shape index (κ2) is 7.87. The second-order valence-electron chi connectivity index (χ2n) is 7.77. The van der Waals surface area contributed by atoms with Gasteiger partial charge in [0.2, 0.25) is 5.91 Å². The van der Waals surface area contributed by atoms with Crippen LogP contribution in [0.4, 0.5) is 0 Å². The van der Waals surface area contributed by atoms with Crippen LogP contribution in [-0.4, -0.2) is 82.5 Å². The first-order valence-electron chi connectivity index (χ1n) is 10.1. The molecular formula is C20H27N5O3. The number of amides is 2. The van der Waals surface area contributed by atoms with E-state index in [1.807, 2.05) is 29.7 Å². The summed E-state index contributed by atoms with van der Waals surface area (Å²) in [6.07, 6.45) is 3.07. The highest BCUT2D eigenvalue weighted by Crippen LogP contribution is 2.23. The lowest BCUT2D eigenvalue weighted by Gasteiger charge is -2.24. The molecule has 0 N–H and O–H groups in total. The Bertz CT molecular complexity index is 887. The minimum absolute atomic E-state index is 0.0190. The van der Waals surface area contributed by atoms with Crippen molar-refractivity contribution in [2.75, 3.05) is 45.8 Å². The molecule has 8 heteroatoms. The van der Waals surface area contributed by atoms with E-state index in [0.717, 1.165) is 44.6 Å². The molecule has 28 heavy (non-hydrogen) atoms.